The highest BCUT2D eigenvalue weighted by Crippen LogP contribution is 2.03. The number of H-pyrrole nitrogens is 1. The molecule has 1 amide bonds. The van der Waals surface area contributed by atoms with Crippen molar-refractivity contribution in [3.63, 3.8) is 0 Å². The van der Waals surface area contributed by atoms with Gasteiger partial charge in [0.1, 0.15) is 0 Å². The van der Waals surface area contributed by atoms with Gasteiger partial charge in [0.15, 0.2) is 0 Å². The molecule has 0 aliphatic heterocycles. The molecule has 1 rings (SSSR count). The van der Waals surface area contributed by atoms with Gasteiger partial charge in [-0.1, -0.05) is 6.92 Å². The van der Waals surface area contributed by atoms with Crippen LogP contribution in [0.1, 0.15) is 12.6 Å². The fourth-order valence-corrected chi connectivity index (χ4v) is 0.827. The Morgan fingerprint density at radius 2 is 2.64 bits per heavy atom. The number of aromatic amines is 1. The second-order valence-electron chi connectivity index (χ2n) is 2.58. The molecule has 60 valence electrons. The SMILES string of the molecule is CC(Cc1cnc[nH]1)C(N)=O. The maximum absolute atomic E-state index is 10.6. The van der Waals surface area contributed by atoms with Gasteiger partial charge < -0.3 is 10.7 Å². The summed E-state index contributed by atoms with van der Waals surface area (Å²) in [6.45, 7) is 1.79. The van der Waals surface area contributed by atoms with Gasteiger partial charge in [0.2, 0.25) is 5.91 Å². The van der Waals surface area contributed by atoms with Crippen LogP contribution in [0.3, 0.4) is 0 Å². The smallest absolute Gasteiger partial charge is 0.220 e. The van der Waals surface area contributed by atoms with E-state index in [1.54, 1.807) is 19.4 Å². The molecule has 1 heterocycles. The van der Waals surface area contributed by atoms with E-state index in [1.165, 1.54) is 0 Å². The number of nitrogens with zero attached hydrogens (tertiary/aromatic N) is 1. The van der Waals surface area contributed by atoms with Gasteiger partial charge >= 0.3 is 0 Å². The van der Waals surface area contributed by atoms with Gasteiger partial charge in [0, 0.05) is 24.2 Å². The van der Waals surface area contributed by atoms with Crippen LogP contribution in [0.25, 0.3) is 0 Å². The molecule has 0 aliphatic rings. The average Bonchev–Trinajstić information content (AvgIpc) is 2.39. The van der Waals surface area contributed by atoms with E-state index in [2.05, 4.69) is 9.97 Å². The molecule has 0 spiro atoms. The van der Waals surface area contributed by atoms with E-state index in [0.717, 1.165) is 5.69 Å². The molecule has 0 fully saturated rings. The molecular weight excluding hydrogens is 142 g/mol. The molecule has 1 aromatic rings. The van der Waals surface area contributed by atoms with Gasteiger partial charge in [-0.05, 0) is 0 Å². The highest BCUT2D eigenvalue weighted by molar-refractivity contribution is 5.76. The third-order valence-corrected chi connectivity index (χ3v) is 1.57. The predicted molar refractivity (Wildman–Crippen MR) is 40.7 cm³/mol. The van der Waals surface area contributed by atoms with Gasteiger partial charge in [-0.15, -0.1) is 0 Å². The van der Waals surface area contributed by atoms with Crippen molar-refractivity contribution in [2.24, 2.45) is 11.7 Å². The Morgan fingerprint density at radius 1 is 1.91 bits per heavy atom. The molecule has 0 aromatic carbocycles. The first-order chi connectivity index (χ1) is 5.20. The Kier molecular flexibility index (Phi) is 2.25. The minimum absolute atomic E-state index is 0.129. The summed E-state index contributed by atoms with van der Waals surface area (Å²) in [6.07, 6.45) is 3.91. The third kappa shape index (κ3) is 2.07. The largest absolute Gasteiger partial charge is 0.369 e. The molecule has 1 atom stereocenters. The molecule has 0 aliphatic carbocycles. The number of nitrogens with two attached hydrogens (primary N) is 1. The number of primary amides is 1. The summed E-state index contributed by atoms with van der Waals surface area (Å²) in [7, 11) is 0. The number of nitrogens with one attached hydrogen (secondary N) is 1. The van der Waals surface area contributed by atoms with Crippen LogP contribution in [0.15, 0.2) is 12.5 Å². The summed E-state index contributed by atoms with van der Waals surface area (Å²) in [5.41, 5.74) is 6.02. The predicted octanol–water partition coefficient (Wildman–Crippen LogP) is 0.0736. The van der Waals surface area contributed by atoms with Gasteiger partial charge in [-0.3, -0.25) is 4.79 Å². The second kappa shape index (κ2) is 3.18. The number of hydrogen-bond acceptors (Lipinski definition) is 2. The van der Waals surface area contributed by atoms with Crippen LogP contribution in [0.4, 0.5) is 0 Å². The van der Waals surface area contributed by atoms with Crippen LogP contribution >= 0.6 is 0 Å². The van der Waals surface area contributed by atoms with Gasteiger partial charge in [0.05, 0.1) is 6.33 Å². The summed E-state index contributed by atoms with van der Waals surface area (Å²) in [5.74, 6) is -0.407. The molecule has 0 radical (unpaired) electrons. The highest BCUT2D eigenvalue weighted by atomic mass is 16.1. The van der Waals surface area contributed by atoms with Crippen LogP contribution < -0.4 is 5.73 Å². The molecule has 3 N–H and O–H groups in total. The Morgan fingerprint density at radius 3 is 3.09 bits per heavy atom. The van der Waals surface area contributed by atoms with Crippen molar-refractivity contribution >= 4 is 5.91 Å². The lowest BCUT2D eigenvalue weighted by Gasteiger charge is -2.02. The summed E-state index contributed by atoms with van der Waals surface area (Å²) in [5, 5.41) is 0. The highest BCUT2D eigenvalue weighted by Gasteiger charge is 2.09. The quantitative estimate of drug-likeness (QED) is 0.645. The molecular formula is C7H11N3O. The lowest BCUT2D eigenvalue weighted by Crippen LogP contribution is -2.22. The van der Waals surface area contributed by atoms with E-state index in [-0.39, 0.29) is 11.8 Å². The molecule has 0 saturated heterocycles. The first-order valence-corrected chi connectivity index (χ1v) is 3.46. The van der Waals surface area contributed by atoms with E-state index in [9.17, 15) is 4.79 Å². The van der Waals surface area contributed by atoms with Crippen LogP contribution in [0, 0.1) is 5.92 Å². The van der Waals surface area contributed by atoms with E-state index >= 15 is 0 Å². The van der Waals surface area contributed by atoms with Crippen LogP contribution in [-0.4, -0.2) is 15.9 Å². The van der Waals surface area contributed by atoms with E-state index < -0.39 is 0 Å². The zero-order valence-corrected chi connectivity index (χ0v) is 6.37. The average molecular weight is 153 g/mol. The summed E-state index contributed by atoms with van der Waals surface area (Å²) >= 11 is 0. The topological polar surface area (TPSA) is 71.8 Å². The monoisotopic (exact) mass is 153 g/mol. The van der Waals surface area contributed by atoms with Crippen molar-refractivity contribution in [1.29, 1.82) is 0 Å². The van der Waals surface area contributed by atoms with Crippen molar-refractivity contribution in [2.75, 3.05) is 0 Å². The Labute approximate surface area is 64.8 Å². The second-order valence-corrected chi connectivity index (χ2v) is 2.58. The Hall–Kier alpha value is -1.32. The Bertz CT molecular complexity index is 230. The van der Waals surface area contributed by atoms with Crippen LogP contribution in [0.2, 0.25) is 0 Å². The molecule has 0 saturated carbocycles. The van der Waals surface area contributed by atoms with E-state index in [1.807, 2.05) is 0 Å². The number of rotatable bonds is 3. The maximum Gasteiger partial charge on any atom is 0.220 e. The van der Waals surface area contributed by atoms with Crippen molar-refractivity contribution in [3.8, 4) is 0 Å². The zero-order valence-electron chi connectivity index (χ0n) is 6.37. The standard InChI is InChI=1S/C7H11N3O/c1-5(7(8)11)2-6-3-9-4-10-6/h3-5H,2H2,1H3,(H2,8,11)(H,9,10). The lowest BCUT2D eigenvalue weighted by atomic mass is 10.1. The minimum Gasteiger partial charge on any atom is -0.369 e. The summed E-state index contributed by atoms with van der Waals surface area (Å²) < 4.78 is 0. The van der Waals surface area contributed by atoms with Crippen molar-refractivity contribution < 1.29 is 4.79 Å². The molecule has 1 aromatic heterocycles. The van der Waals surface area contributed by atoms with Gasteiger partial charge in [-0.25, -0.2) is 4.98 Å². The molecule has 1 unspecified atom stereocenters. The van der Waals surface area contributed by atoms with Gasteiger partial charge in [0.25, 0.3) is 0 Å². The number of amides is 1. The number of aromatic nitrogens is 2. The third-order valence-electron chi connectivity index (χ3n) is 1.57. The van der Waals surface area contributed by atoms with Crippen LogP contribution in [-0.2, 0) is 11.2 Å². The minimum atomic E-state index is -0.278. The molecule has 4 nitrogen and oxygen atoms in total. The number of hydrogen-bond donors (Lipinski definition) is 2. The molecule has 11 heavy (non-hydrogen) atoms. The lowest BCUT2D eigenvalue weighted by molar-refractivity contribution is -0.121. The van der Waals surface area contributed by atoms with Crippen molar-refractivity contribution in [3.05, 3.63) is 18.2 Å². The molecule has 4 heteroatoms. The van der Waals surface area contributed by atoms with E-state index in [0.29, 0.717) is 6.42 Å². The number of imidazole rings is 1. The van der Waals surface area contributed by atoms with E-state index in [4.69, 9.17) is 5.73 Å². The first kappa shape index (κ1) is 7.78. The fraction of sp³-hybridized carbons (Fsp3) is 0.429. The number of carbonyl (C=O) groups excluding carboxylic acids is 1. The number of carbonyl (C=O) groups is 1. The van der Waals surface area contributed by atoms with Crippen LogP contribution in [0.5, 0.6) is 0 Å². The first-order valence-electron chi connectivity index (χ1n) is 3.46. The normalized spacial score (nSPS) is 12.8. The summed E-state index contributed by atoms with van der Waals surface area (Å²) in [4.78, 5) is 17.3. The fourth-order valence-electron chi connectivity index (χ4n) is 0.827. The Balaban J connectivity index is 2.50. The van der Waals surface area contributed by atoms with Crippen molar-refractivity contribution in [1.82, 2.24) is 9.97 Å². The molecule has 0 bridgehead atoms. The van der Waals surface area contributed by atoms with Gasteiger partial charge in [-0.2, -0.15) is 0 Å². The van der Waals surface area contributed by atoms with Crippen molar-refractivity contribution in [2.45, 2.75) is 13.3 Å². The maximum atomic E-state index is 10.6. The summed E-state index contributed by atoms with van der Waals surface area (Å²) in [6, 6.07) is 0. The zero-order chi connectivity index (χ0) is 8.27.